The molecule has 0 aliphatic heterocycles. The summed E-state index contributed by atoms with van der Waals surface area (Å²) in [4.78, 5) is 21.7. The van der Waals surface area contributed by atoms with Crippen molar-refractivity contribution in [2.75, 3.05) is 0 Å². The SMILES string of the molecule is NC(=O)C(O)(CCC(=O)O)c1ccccc1. The lowest BCUT2D eigenvalue weighted by molar-refractivity contribution is -0.143. The van der Waals surface area contributed by atoms with Gasteiger partial charge >= 0.3 is 5.97 Å². The van der Waals surface area contributed by atoms with E-state index in [4.69, 9.17) is 10.8 Å². The molecule has 0 fully saturated rings. The predicted molar refractivity (Wildman–Crippen MR) is 56.4 cm³/mol. The first kappa shape index (κ1) is 12.2. The molecule has 0 spiro atoms. The molecular formula is C11H13NO4. The summed E-state index contributed by atoms with van der Waals surface area (Å²) in [7, 11) is 0. The molecule has 0 saturated heterocycles. The quantitative estimate of drug-likeness (QED) is 0.664. The van der Waals surface area contributed by atoms with Crippen molar-refractivity contribution in [1.29, 1.82) is 0 Å². The number of primary amides is 1. The number of carboxylic acid groups (broad SMARTS) is 1. The number of hydrogen-bond acceptors (Lipinski definition) is 3. The number of carbonyl (C=O) groups excluding carboxylic acids is 1. The van der Waals surface area contributed by atoms with Gasteiger partial charge in [-0.15, -0.1) is 0 Å². The molecule has 0 heterocycles. The highest BCUT2D eigenvalue weighted by Gasteiger charge is 2.36. The Balaban J connectivity index is 2.98. The van der Waals surface area contributed by atoms with Crippen molar-refractivity contribution >= 4 is 11.9 Å². The van der Waals surface area contributed by atoms with E-state index in [9.17, 15) is 14.7 Å². The monoisotopic (exact) mass is 223 g/mol. The van der Waals surface area contributed by atoms with Crippen molar-refractivity contribution in [3.05, 3.63) is 35.9 Å². The number of benzene rings is 1. The molecular weight excluding hydrogens is 210 g/mol. The largest absolute Gasteiger partial charge is 0.481 e. The van der Waals surface area contributed by atoms with Crippen LogP contribution in [0, 0.1) is 0 Å². The van der Waals surface area contributed by atoms with Crippen LogP contribution < -0.4 is 5.73 Å². The third-order valence-corrected chi connectivity index (χ3v) is 2.36. The van der Waals surface area contributed by atoms with Crippen LogP contribution in [0.4, 0.5) is 0 Å². The second-order valence-corrected chi connectivity index (χ2v) is 3.48. The number of rotatable bonds is 5. The highest BCUT2D eigenvalue weighted by Crippen LogP contribution is 2.25. The van der Waals surface area contributed by atoms with Gasteiger partial charge in [-0.05, 0) is 12.0 Å². The minimum atomic E-state index is -1.92. The topological polar surface area (TPSA) is 101 Å². The summed E-state index contributed by atoms with van der Waals surface area (Å²) < 4.78 is 0. The van der Waals surface area contributed by atoms with E-state index < -0.39 is 17.5 Å². The van der Waals surface area contributed by atoms with Gasteiger partial charge in [0.05, 0.1) is 0 Å². The molecule has 0 saturated carbocycles. The van der Waals surface area contributed by atoms with Crippen molar-refractivity contribution in [3.63, 3.8) is 0 Å². The van der Waals surface area contributed by atoms with Crippen molar-refractivity contribution in [2.24, 2.45) is 5.73 Å². The van der Waals surface area contributed by atoms with Crippen LogP contribution in [-0.4, -0.2) is 22.1 Å². The Morgan fingerprint density at radius 2 is 1.81 bits per heavy atom. The molecule has 4 N–H and O–H groups in total. The fourth-order valence-corrected chi connectivity index (χ4v) is 1.41. The standard InChI is InChI=1S/C11H13NO4/c12-10(15)11(16,7-6-9(13)14)8-4-2-1-3-5-8/h1-5,16H,6-7H2,(H2,12,15)(H,13,14). The molecule has 1 atom stereocenters. The minimum Gasteiger partial charge on any atom is -0.481 e. The van der Waals surface area contributed by atoms with E-state index in [2.05, 4.69) is 0 Å². The molecule has 1 rings (SSSR count). The third-order valence-electron chi connectivity index (χ3n) is 2.36. The second kappa shape index (κ2) is 4.76. The predicted octanol–water partition coefficient (Wildman–Crippen LogP) is 0.224. The van der Waals surface area contributed by atoms with Gasteiger partial charge in [0, 0.05) is 6.42 Å². The number of aliphatic hydroxyl groups is 1. The van der Waals surface area contributed by atoms with Crippen LogP contribution in [-0.2, 0) is 15.2 Å². The molecule has 0 aromatic heterocycles. The van der Waals surface area contributed by atoms with Crippen molar-refractivity contribution in [3.8, 4) is 0 Å². The maximum atomic E-state index is 11.2. The average Bonchev–Trinajstić information content (AvgIpc) is 2.26. The third kappa shape index (κ3) is 2.58. The molecule has 5 nitrogen and oxygen atoms in total. The van der Waals surface area contributed by atoms with Crippen LogP contribution in [0.1, 0.15) is 18.4 Å². The Bertz CT molecular complexity index is 390. The summed E-state index contributed by atoms with van der Waals surface area (Å²) in [6.45, 7) is 0. The molecule has 0 aliphatic rings. The van der Waals surface area contributed by atoms with Crippen LogP contribution in [0.3, 0.4) is 0 Å². The fraction of sp³-hybridized carbons (Fsp3) is 0.273. The van der Waals surface area contributed by atoms with Crippen molar-refractivity contribution in [2.45, 2.75) is 18.4 Å². The van der Waals surface area contributed by atoms with Gasteiger partial charge in [0.25, 0.3) is 5.91 Å². The van der Waals surface area contributed by atoms with Gasteiger partial charge in [-0.1, -0.05) is 30.3 Å². The number of amides is 1. The van der Waals surface area contributed by atoms with E-state index in [1.54, 1.807) is 18.2 Å². The molecule has 16 heavy (non-hydrogen) atoms. The van der Waals surface area contributed by atoms with Crippen LogP contribution in [0.2, 0.25) is 0 Å². The maximum absolute atomic E-state index is 11.2. The zero-order valence-electron chi connectivity index (χ0n) is 8.59. The van der Waals surface area contributed by atoms with Crippen LogP contribution in [0.15, 0.2) is 30.3 Å². The number of aliphatic carboxylic acids is 1. The zero-order valence-corrected chi connectivity index (χ0v) is 8.59. The van der Waals surface area contributed by atoms with Gasteiger partial charge in [-0.25, -0.2) is 0 Å². The summed E-state index contributed by atoms with van der Waals surface area (Å²) in [6, 6.07) is 8.08. The van der Waals surface area contributed by atoms with Gasteiger partial charge < -0.3 is 15.9 Å². The van der Waals surface area contributed by atoms with E-state index in [0.29, 0.717) is 5.56 Å². The summed E-state index contributed by atoms with van der Waals surface area (Å²) in [5.74, 6) is -2.03. The van der Waals surface area contributed by atoms with E-state index in [0.717, 1.165) is 0 Å². The Hall–Kier alpha value is -1.88. The number of hydrogen-bond donors (Lipinski definition) is 3. The first-order valence-corrected chi connectivity index (χ1v) is 4.76. The highest BCUT2D eigenvalue weighted by molar-refractivity contribution is 5.85. The Labute approximate surface area is 92.5 Å². The second-order valence-electron chi connectivity index (χ2n) is 3.48. The summed E-state index contributed by atoms with van der Waals surface area (Å²) >= 11 is 0. The summed E-state index contributed by atoms with van der Waals surface area (Å²) in [5.41, 5.74) is 3.50. The molecule has 1 aromatic carbocycles. The first-order valence-electron chi connectivity index (χ1n) is 4.76. The summed E-state index contributed by atoms with van der Waals surface area (Å²) in [5, 5.41) is 18.6. The lowest BCUT2D eigenvalue weighted by Crippen LogP contribution is -2.41. The summed E-state index contributed by atoms with van der Waals surface area (Å²) in [6.07, 6.45) is -0.560. The number of carbonyl (C=O) groups is 2. The van der Waals surface area contributed by atoms with Gasteiger partial charge in [-0.3, -0.25) is 9.59 Å². The van der Waals surface area contributed by atoms with Crippen molar-refractivity contribution in [1.82, 2.24) is 0 Å². The van der Waals surface area contributed by atoms with E-state index in [1.165, 1.54) is 12.1 Å². The number of carboxylic acids is 1. The number of nitrogens with two attached hydrogens (primary N) is 1. The van der Waals surface area contributed by atoms with Gasteiger partial charge in [0.15, 0.2) is 5.60 Å². The van der Waals surface area contributed by atoms with E-state index in [1.807, 2.05) is 0 Å². The first-order chi connectivity index (χ1) is 7.47. The molecule has 1 aromatic rings. The highest BCUT2D eigenvalue weighted by atomic mass is 16.4. The average molecular weight is 223 g/mol. The van der Waals surface area contributed by atoms with Gasteiger partial charge in [-0.2, -0.15) is 0 Å². The molecule has 1 amide bonds. The van der Waals surface area contributed by atoms with Crippen LogP contribution in [0.25, 0.3) is 0 Å². The molecule has 0 bridgehead atoms. The minimum absolute atomic E-state index is 0.234. The lowest BCUT2D eigenvalue weighted by atomic mass is 9.88. The Kier molecular flexibility index (Phi) is 3.63. The van der Waals surface area contributed by atoms with Crippen LogP contribution in [0.5, 0.6) is 0 Å². The maximum Gasteiger partial charge on any atom is 0.303 e. The smallest absolute Gasteiger partial charge is 0.303 e. The lowest BCUT2D eigenvalue weighted by Gasteiger charge is -2.24. The van der Waals surface area contributed by atoms with E-state index in [-0.39, 0.29) is 12.8 Å². The fourth-order valence-electron chi connectivity index (χ4n) is 1.41. The van der Waals surface area contributed by atoms with Crippen molar-refractivity contribution < 1.29 is 19.8 Å². The Morgan fingerprint density at radius 3 is 2.25 bits per heavy atom. The van der Waals surface area contributed by atoms with Gasteiger partial charge in [0.2, 0.25) is 0 Å². The molecule has 5 heteroatoms. The van der Waals surface area contributed by atoms with Gasteiger partial charge in [0.1, 0.15) is 0 Å². The molecule has 86 valence electrons. The normalized spacial score (nSPS) is 14.1. The van der Waals surface area contributed by atoms with Crippen LogP contribution >= 0.6 is 0 Å². The molecule has 1 unspecified atom stereocenters. The Morgan fingerprint density at radius 1 is 1.25 bits per heavy atom. The van der Waals surface area contributed by atoms with E-state index >= 15 is 0 Å². The molecule has 0 radical (unpaired) electrons. The zero-order chi connectivity index (χ0) is 12.2. The molecule has 0 aliphatic carbocycles.